The topological polar surface area (TPSA) is 66.5 Å². The molecule has 0 bridgehead atoms. The molecule has 1 aliphatic heterocycles. The van der Waals surface area contributed by atoms with E-state index in [-0.39, 0.29) is 5.57 Å². The van der Waals surface area contributed by atoms with Gasteiger partial charge in [-0.3, -0.25) is 14.9 Å². The van der Waals surface area contributed by atoms with Crippen LogP contribution >= 0.6 is 0 Å². The summed E-state index contributed by atoms with van der Waals surface area (Å²) >= 11 is 0. The van der Waals surface area contributed by atoms with Crippen molar-refractivity contribution in [3.05, 3.63) is 71.3 Å². The lowest BCUT2D eigenvalue weighted by Gasteiger charge is -2.27. The van der Waals surface area contributed by atoms with Crippen molar-refractivity contribution >= 4 is 29.6 Å². The van der Waals surface area contributed by atoms with E-state index in [0.717, 1.165) is 10.5 Å². The summed E-state index contributed by atoms with van der Waals surface area (Å²) in [5.41, 5.74) is 2.00. The first-order chi connectivity index (χ1) is 11.6. The van der Waals surface area contributed by atoms with Gasteiger partial charge in [-0.15, -0.1) is 0 Å². The van der Waals surface area contributed by atoms with Crippen LogP contribution in [0.15, 0.2) is 60.2 Å². The maximum Gasteiger partial charge on any atom is 0.335 e. The molecule has 3 rings (SSSR count). The lowest BCUT2D eigenvalue weighted by molar-refractivity contribution is -0.122. The quantitative estimate of drug-likeness (QED) is 0.698. The van der Waals surface area contributed by atoms with E-state index in [0.29, 0.717) is 17.7 Å². The number of hydrogen-bond donors (Lipinski definition) is 1. The number of para-hydroxylation sites is 1. The van der Waals surface area contributed by atoms with Crippen molar-refractivity contribution in [1.82, 2.24) is 5.32 Å². The number of benzene rings is 2. The van der Waals surface area contributed by atoms with Gasteiger partial charge in [-0.25, -0.2) is 9.69 Å². The third-order valence-corrected chi connectivity index (χ3v) is 3.83. The molecule has 1 aliphatic rings. The highest BCUT2D eigenvalue weighted by atomic mass is 16.2. The predicted molar refractivity (Wildman–Crippen MR) is 91.3 cm³/mol. The molecule has 0 aromatic heterocycles. The number of anilines is 1. The minimum Gasteiger partial charge on any atom is -0.273 e. The first kappa shape index (κ1) is 15.7. The van der Waals surface area contributed by atoms with Gasteiger partial charge in [0.25, 0.3) is 11.8 Å². The van der Waals surface area contributed by atoms with E-state index >= 15 is 0 Å². The minimum absolute atomic E-state index is 0.0632. The highest BCUT2D eigenvalue weighted by molar-refractivity contribution is 6.39. The molecule has 0 saturated carbocycles. The van der Waals surface area contributed by atoms with Crippen molar-refractivity contribution in [3.8, 4) is 0 Å². The zero-order valence-corrected chi connectivity index (χ0v) is 13.2. The van der Waals surface area contributed by atoms with Gasteiger partial charge in [0.05, 0.1) is 5.69 Å². The molecule has 0 unspecified atom stereocenters. The molecule has 0 spiro atoms. The molecular weight excluding hydrogens is 304 g/mol. The van der Waals surface area contributed by atoms with Crippen LogP contribution in [0.4, 0.5) is 10.5 Å². The summed E-state index contributed by atoms with van der Waals surface area (Å²) in [7, 11) is 0. The van der Waals surface area contributed by atoms with Crippen molar-refractivity contribution in [2.45, 2.75) is 13.3 Å². The fraction of sp³-hybridized carbons (Fsp3) is 0.105. The van der Waals surface area contributed by atoms with Crippen LogP contribution in [-0.4, -0.2) is 17.8 Å². The fourth-order valence-electron chi connectivity index (χ4n) is 2.62. The molecule has 120 valence electrons. The van der Waals surface area contributed by atoms with E-state index in [1.54, 1.807) is 24.3 Å². The number of rotatable bonds is 3. The molecule has 1 saturated heterocycles. The summed E-state index contributed by atoms with van der Waals surface area (Å²) < 4.78 is 0. The smallest absolute Gasteiger partial charge is 0.273 e. The molecule has 1 fully saturated rings. The Morgan fingerprint density at radius 1 is 0.958 bits per heavy atom. The average Bonchev–Trinajstić information content (AvgIpc) is 2.60. The number of barbiturate groups is 1. The monoisotopic (exact) mass is 320 g/mol. The van der Waals surface area contributed by atoms with E-state index < -0.39 is 17.8 Å². The molecule has 0 atom stereocenters. The van der Waals surface area contributed by atoms with Crippen LogP contribution < -0.4 is 10.2 Å². The number of aryl methyl sites for hydroxylation is 1. The Labute approximate surface area is 139 Å². The van der Waals surface area contributed by atoms with Crippen LogP contribution in [0.5, 0.6) is 0 Å². The Bertz CT molecular complexity index is 841. The Morgan fingerprint density at radius 2 is 1.62 bits per heavy atom. The molecular formula is C19H16N2O3. The standard InChI is InChI=1S/C19H16N2O3/c1-2-14-10-6-7-11-16(14)21-18(23)15(17(22)20-19(21)24)12-13-8-4-3-5-9-13/h3-12H,2H2,1H3,(H,20,22,24)/b15-12-. The van der Waals surface area contributed by atoms with Crippen molar-refractivity contribution in [1.29, 1.82) is 0 Å². The van der Waals surface area contributed by atoms with E-state index in [1.165, 1.54) is 6.08 Å². The molecule has 2 aromatic rings. The number of nitrogens with one attached hydrogen (secondary N) is 1. The summed E-state index contributed by atoms with van der Waals surface area (Å²) in [6, 6.07) is 15.5. The van der Waals surface area contributed by atoms with Gasteiger partial charge in [0, 0.05) is 0 Å². The second kappa shape index (κ2) is 6.50. The van der Waals surface area contributed by atoms with Crippen LogP contribution in [0, 0.1) is 0 Å². The van der Waals surface area contributed by atoms with Gasteiger partial charge < -0.3 is 0 Å². The molecule has 0 radical (unpaired) electrons. The molecule has 0 aliphatic carbocycles. The maximum absolute atomic E-state index is 12.8. The van der Waals surface area contributed by atoms with E-state index in [9.17, 15) is 14.4 Å². The van der Waals surface area contributed by atoms with E-state index in [2.05, 4.69) is 5.32 Å². The largest absolute Gasteiger partial charge is 0.335 e. The van der Waals surface area contributed by atoms with Crippen LogP contribution in [0.25, 0.3) is 6.08 Å². The Hall–Kier alpha value is -3.21. The summed E-state index contributed by atoms with van der Waals surface area (Å²) in [4.78, 5) is 38.1. The van der Waals surface area contributed by atoms with Gasteiger partial charge in [0.15, 0.2) is 0 Å². The summed E-state index contributed by atoms with van der Waals surface area (Å²) in [5.74, 6) is -1.30. The Kier molecular flexibility index (Phi) is 4.24. The molecule has 4 amide bonds. The SMILES string of the molecule is CCc1ccccc1N1C(=O)NC(=O)/C(=C/c2ccccc2)C1=O. The van der Waals surface area contributed by atoms with Crippen LogP contribution in [0.2, 0.25) is 0 Å². The molecule has 2 aromatic carbocycles. The number of hydrogen-bond acceptors (Lipinski definition) is 3. The van der Waals surface area contributed by atoms with Crippen molar-refractivity contribution in [2.24, 2.45) is 0 Å². The van der Waals surface area contributed by atoms with Gasteiger partial charge in [0.2, 0.25) is 0 Å². The zero-order valence-electron chi connectivity index (χ0n) is 13.2. The van der Waals surface area contributed by atoms with E-state index in [4.69, 9.17) is 0 Å². The Balaban J connectivity index is 2.05. The number of urea groups is 1. The third kappa shape index (κ3) is 2.84. The lowest BCUT2D eigenvalue weighted by atomic mass is 10.0. The molecule has 5 nitrogen and oxygen atoms in total. The maximum atomic E-state index is 12.8. The van der Waals surface area contributed by atoms with Gasteiger partial charge in [-0.2, -0.15) is 0 Å². The molecule has 1 heterocycles. The second-order valence-corrected chi connectivity index (χ2v) is 5.35. The van der Waals surface area contributed by atoms with Gasteiger partial charge in [-0.05, 0) is 29.7 Å². The second-order valence-electron chi connectivity index (χ2n) is 5.35. The number of imide groups is 2. The number of nitrogens with zero attached hydrogens (tertiary/aromatic N) is 1. The number of carbonyl (C=O) groups is 3. The average molecular weight is 320 g/mol. The van der Waals surface area contributed by atoms with Gasteiger partial charge in [0.1, 0.15) is 5.57 Å². The summed E-state index contributed by atoms with van der Waals surface area (Å²) in [6.07, 6.45) is 2.16. The third-order valence-electron chi connectivity index (χ3n) is 3.83. The molecule has 5 heteroatoms. The van der Waals surface area contributed by atoms with Crippen LogP contribution in [0.1, 0.15) is 18.1 Å². The normalized spacial score (nSPS) is 16.5. The van der Waals surface area contributed by atoms with Crippen molar-refractivity contribution in [2.75, 3.05) is 4.90 Å². The zero-order chi connectivity index (χ0) is 17.1. The fourth-order valence-corrected chi connectivity index (χ4v) is 2.62. The van der Waals surface area contributed by atoms with Crippen LogP contribution in [0.3, 0.4) is 0 Å². The first-order valence-electron chi connectivity index (χ1n) is 7.66. The van der Waals surface area contributed by atoms with Crippen LogP contribution in [-0.2, 0) is 16.0 Å². The van der Waals surface area contributed by atoms with Gasteiger partial charge >= 0.3 is 6.03 Å². The summed E-state index contributed by atoms with van der Waals surface area (Å²) in [6.45, 7) is 1.94. The van der Waals surface area contributed by atoms with E-state index in [1.807, 2.05) is 37.3 Å². The molecule has 24 heavy (non-hydrogen) atoms. The highest BCUT2D eigenvalue weighted by Gasteiger charge is 2.37. The Morgan fingerprint density at radius 3 is 2.33 bits per heavy atom. The first-order valence-corrected chi connectivity index (χ1v) is 7.66. The minimum atomic E-state index is -0.726. The highest BCUT2D eigenvalue weighted by Crippen LogP contribution is 2.25. The van der Waals surface area contributed by atoms with Gasteiger partial charge in [-0.1, -0.05) is 55.5 Å². The number of carbonyl (C=O) groups excluding carboxylic acids is 3. The number of amides is 4. The molecule has 1 N–H and O–H groups in total. The van der Waals surface area contributed by atoms with Crippen molar-refractivity contribution in [3.63, 3.8) is 0 Å². The lowest BCUT2D eigenvalue weighted by Crippen LogP contribution is -2.54. The van der Waals surface area contributed by atoms with Crippen molar-refractivity contribution < 1.29 is 14.4 Å². The summed E-state index contributed by atoms with van der Waals surface area (Å²) in [5, 5.41) is 2.24. The predicted octanol–water partition coefficient (Wildman–Crippen LogP) is 2.92.